The molecule has 8 nitrogen and oxygen atoms in total. The minimum atomic E-state index is -0.825. The van der Waals surface area contributed by atoms with Gasteiger partial charge in [0.15, 0.2) is 0 Å². The Morgan fingerprint density at radius 2 is 1.53 bits per heavy atom. The quantitative estimate of drug-likeness (QED) is 0.378. The fraction of sp³-hybridized carbons (Fsp3) is 0.370. The molecular weight excluding hydrogens is 465 g/mol. The van der Waals surface area contributed by atoms with Crippen LogP contribution in [0.25, 0.3) is 6.08 Å². The summed E-state index contributed by atoms with van der Waals surface area (Å²) >= 11 is 0. The summed E-state index contributed by atoms with van der Waals surface area (Å²) < 4.78 is 30.5. The van der Waals surface area contributed by atoms with Crippen LogP contribution in [0.3, 0.4) is 0 Å². The Balaban J connectivity index is 2.26. The minimum absolute atomic E-state index is 0.114. The summed E-state index contributed by atoms with van der Waals surface area (Å²) in [6.07, 6.45) is 0.0778. The van der Waals surface area contributed by atoms with E-state index >= 15 is 0 Å². The molecule has 2 aromatic rings. The van der Waals surface area contributed by atoms with Crippen molar-refractivity contribution in [3.8, 4) is 5.75 Å². The molecule has 0 aliphatic rings. The minimum Gasteiger partial charge on any atom is -0.489 e. The fourth-order valence-electron chi connectivity index (χ4n) is 2.91. The Kier molecular flexibility index (Phi) is 9.60. The Hall–Kier alpha value is -3.88. The molecule has 36 heavy (non-hydrogen) atoms. The molecule has 2 aromatic carbocycles. The van der Waals surface area contributed by atoms with Crippen molar-refractivity contribution in [1.29, 1.82) is 0 Å². The molecule has 0 radical (unpaired) electrons. The summed E-state index contributed by atoms with van der Waals surface area (Å²) in [7, 11) is 0. The lowest BCUT2D eigenvalue weighted by Crippen LogP contribution is -2.47. The second kappa shape index (κ2) is 12.2. The Morgan fingerprint density at radius 1 is 0.944 bits per heavy atom. The smallest absolute Gasteiger partial charge is 0.414 e. The van der Waals surface area contributed by atoms with Crippen LogP contribution in [0.15, 0.2) is 54.0 Å². The molecule has 0 saturated carbocycles. The number of alkyl carbamates (subject to hydrolysis) is 2. The molecule has 2 N–H and O–H groups in total. The van der Waals surface area contributed by atoms with Crippen molar-refractivity contribution in [2.45, 2.75) is 65.9 Å². The predicted molar refractivity (Wildman–Crippen MR) is 137 cm³/mol. The van der Waals surface area contributed by atoms with Gasteiger partial charge in [-0.1, -0.05) is 36.9 Å². The maximum Gasteiger partial charge on any atom is 0.414 e. The standard InChI is InChI=1S/C27H34FN3O5/c1-8-18-11-9-10-12-19(18)17-34-22-14-13-21(28)15-20(22)16-29-23(30-24(32)35-26(2,3)4)31-25(33)36-27(5,6)7/h8-15H,1,16-17H2,2-7H3,(H2,29,30,31,32,33). The first kappa shape index (κ1) is 28.4. The zero-order chi connectivity index (χ0) is 26.9. The monoisotopic (exact) mass is 499 g/mol. The zero-order valence-electron chi connectivity index (χ0n) is 21.6. The molecule has 2 amide bonds. The number of ether oxygens (including phenoxy) is 3. The number of guanidine groups is 1. The van der Waals surface area contributed by atoms with E-state index in [2.05, 4.69) is 22.2 Å². The number of carbonyl (C=O) groups is 2. The SMILES string of the molecule is C=Cc1ccccc1COc1ccc(F)cc1CN=C(NC(=O)OC(C)(C)C)NC(=O)OC(C)(C)C. The van der Waals surface area contributed by atoms with Gasteiger partial charge in [0.2, 0.25) is 5.96 Å². The number of nitrogens with zero attached hydrogens (tertiary/aromatic N) is 1. The van der Waals surface area contributed by atoms with Gasteiger partial charge >= 0.3 is 12.2 Å². The highest BCUT2D eigenvalue weighted by Crippen LogP contribution is 2.23. The Bertz CT molecular complexity index is 1090. The van der Waals surface area contributed by atoms with Crippen molar-refractivity contribution in [2.24, 2.45) is 4.99 Å². The molecule has 0 spiro atoms. The summed E-state index contributed by atoms with van der Waals surface area (Å²) in [5.74, 6) is -0.306. The third-order valence-electron chi connectivity index (χ3n) is 4.33. The number of carbonyl (C=O) groups excluding carboxylic acids is 2. The summed E-state index contributed by atoms with van der Waals surface area (Å²) in [4.78, 5) is 28.8. The van der Waals surface area contributed by atoms with E-state index in [1.165, 1.54) is 18.2 Å². The number of amides is 2. The van der Waals surface area contributed by atoms with Crippen LogP contribution < -0.4 is 15.4 Å². The molecular formula is C27H34FN3O5. The van der Waals surface area contributed by atoms with Crippen LogP contribution in [-0.4, -0.2) is 29.3 Å². The first-order valence-corrected chi connectivity index (χ1v) is 11.4. The van der Waals surface area contributed by atoms with Crippen LogP contribution in [0.1, 0.15) is 58.2 Å². The van der Waals surface area contributed by atoms with E-state index in [1.54, 1.807) is 47.6 Å². The van der Waals surface area contributed by atoms with Gasteiger partial charge in [0.1, 0.15) is 29.4 Å². The lowest BCUT2D eigenvalue weighted by atomic mass is 10.1. The third kappa shape index (κ3) is 10.2. The number of nitrogens with one attached hydrogen (secondary N) is 2. The number of rotatable bonds is 6. The van der Waals surface area contributed by atoms with E-state index in [4.69, 9.17) is 14.2 Å². The molecule has 0 aromatic heterocycles. The van der Waals surface area contributed by atoms with Crippen LogP contribution in [0.5, 0.6) is 5.75 Å². The molecule has 0 unspecified atom stereocenters. The molecule has 194 valence electrons. The average Bonchev–Trinajstić information content (AvgIpc) is 2.74. The van der Waals surface area contributed by atoms with Crippen LogP contribution in [-0.2, 0) is 22.6 Å². The number of hydrogen-bond donors (Lipinski definition) is 2. The van der Waals surface area contributed by atoms with Crippen molar-refractivity contribution < 1.29 is 28.2 Å². The highest BCUT2D eigenvalue weighted by molar-refractivity contribution is 6.01. The molecule has 0 aliphatic carbocycles. The van der Waals surface area contributed by atoms with Gasteiger partial charge in [-0.15, -0.1) is 0 Å². The van der Waals surface area contributed by atoms with Gasteiger partial charge in [-0.05, 0) is 70.9 Å². The topological polar surface area (TPSA) is 98.3 Å². The highest BCUT2D eigenvalue weighted by Gasteiger charge is 2.21. The van der Waals surface area contributed by atoms with Crippen LogP contribution in [0.2, 0.25) is 0 Å². The van der Waals surface area contributed by atoms with Crippen molar-refractivity contribution in [3.63, 3.8) is 0 Å². The van der Waals surface area contributed by atoms with Gasteiger partial charge in [0.25, 0.3) is 0 Å². The molecule has 2 rings (SSSR count). The molecule has 0 bridgehead atoms. The van der Waals surface area contributed by atoms with E-state index < -0.39 is 29.2 Å². The fourth-order valence-corrected chi connectivity index (χ4v) is 2.91. The van der Waals surface area contributed by atoms with E-state index in [9.17, 15) is 14.0 Å². The van der Waals surface area contributed by atoms with E-state index in [0.717, 1.165) is 11.1 Å². The van der Waals surface area contributed by atoms with Crippen molar-refractivity contribution in [1.82, 2.24) is 10.6 Å². The van der Waals surface area contributed by atoms with Crippen molar-refractivity contribution in [3.05, 3.63) is 71.6 Å². The van der Waals surface area contributed by atoms with E-state index in [1.807, 2.05) is 24.3 Å². The number of hydrogen-bond acceptors (Lipinski definition) is 6. The highest BCUT2D eigenvalue weighted by atomic mass is 19.1. The molecule has 0 aliphatic heterocycles. The number of halogens is 1. The number of aliphatic imine (C=N–C) groups is 1. The maximum atomic E-state index is 14.0. The number of benzene rings is 2. The lowest BCUT2D eigenvalue weighted by molar-refractivity contribution is 0.0545. The van der Waals surface area contributed by atoms with Crippen molar-refractivity contribution >= 4 is 24.2 Å². The summed E-state index contributed by atoms with van der Waals surface area (Å²) in [5, 5.41) is 4.80. The lowest BCUT2D eigenvalue weighted by Gasteiger charge is -2.22. The second-order valence-corrected chi connectivity index (χ2v) is 9.86. The van der Waals surface area contributed by atoms with Gasteiger partial charge in [-0.3, -0.25) is 10.6 Å². The largest absolute Gasteiger partial charge is 0.489 e. The van der Waals surface area contributed by atoms with Gasteiger partial charge in [-0.25, -0.2) is 19.0 Å². The van der Waals surface area contributed by atoms with E-state index in [0.29, 0.717) is 11.3 Å². The second-order valence-electron chi connectivity index (χ2n) is 9.86. The summed E-state index contributed by atoms with van der Waals surface area (Å²) in [6.45, 7) is 14.1. The van der Waals surface area contributed by atoms with Crippen molar-refractivity contribution in [2.75, 3.05) is 0 Å². The molecule has 0 heterocycles. The Labute approximate surface area is 211 Å². The molecule has 0 saturated heterocycles. The summed E-state index contributed by atoms with van der Waals surface area (Å²) in [5.41, 5.74) is 0.689. The first-order valence-electron chi connectivity index (χ1n) is 11.4. The van der Waals surface area contributed by atoms with E-state index in [-0.39, 0.29) is 19.1 Å². The normalized spacial score (nSPS) is 11.2. The van der Waals surface area contributed by atoms with Gasteiger partial charge in [0, 0.05) is 5.56 Å². The molecule has 0 atom stereocenters. The first-order chi connectivity index (χ1) is 16.8. The molecule has 0 fully saturated rings. The molecule has 9 heteroatoms. The summed E-state index contributed by atoms with van der Waals surface area (Å²) in [6, 6.07) is 11.7. The Morgan fingerprint density at radius 3 is 2.08 bits per heavy atom. The maximum absolute atomic E-state index is 14.0. The average molecular weight is 500 g/mol. The van der Waals surface area contributed by atoms with Crippen LogP contribution in [0.4, 0.5) is 14.0 Å². The van der Waals surface area contributed by atoms with Crippen LogP contribution in [0, 0.1) is 5.82 Å². The van der Waals surface area contributed by atoms with Gasteiger partial charge in [-0.2, -0.15) is 0 Å². The van der Waals surface area contributed by atoms with Crippen LogP contribution >= 0.6 is 0 Å². The third-order valence-corrected chi connectivity index (χ3v) is 4.33. The van der Waals surface area contributed by atoms with Gasteiger partial charge in [0.05, 0.1) is 6.54 Å². The van der Waals surface area contributed by atoms with Gasteiger partial charge < -0.3 is 14.2 Å². The predicted octanol–water partition coefficient (Wildman–Crippen LogP) is 5.95. The zero-order valence-corrected chi connectivity index (χ0v) is 21.6.